The second-order valence-electron chi connectivity index (χ2n) is 2.74. The van der Waals surface area contributed by atoms with Crippen LogP contribution in [0.1, 0.15) is 17.3 Å². The van der Waals surface area contributed by atoms with Crippen molar-refractivity contribution in [1.82, 2.24) is 10.3 Å². The fourth-order valence-corrected chi connectivity index (χ4v) is 0.846. The van der Waals surface area contributed by atoms with E-state index in [2.05, 4.69) is 10.3 Å². The van der Waals surface area contributed by atoms with Crippen LogP contribution in [-0.2, 0) is 16.1 Å². The first kappa shape index (κ1) is 10.2. The van der Waals surface area contributed by atoms with Crippen LogP contribution in [0.15, 0.2) is 4.42 Å². The predicted molar refractivity (Wildman–Crippen MR) is 45.5 cm³/mol. The molecule has 6 heteroatoms. The number of nitrogens with zero attached hydrogens (tertiary/aromatic N) is 1. The molecule has 1 aromatic heterocycles. The number of amides is 1. The smallest absolute Gasteiger partial charge is 0.394 e. The zero-order chi connectivity index (χ0) is 10.7. The zero-order valence-electron chi connectivity index (χ0n) is 7.83. The van der Waals surface area contributed by atoms with Crippen molar-refractivity contribution >= 4 is 11.9 Å². The molecule has 76 valence electrons. The molecule has 0 unspecified atom stereocenters. The third-order valence-corrected chi connectivity index (χ3v) is 1.67. The van der Waals surface area contributed by atoms with Crippen molar-refractivity contribution in [2.45, 2.75) is 20.4 Å². The number of hydrogen-bond donors (Lipinski definition) is 2. The first-order chi connectivity index (χ1) is 6.50. The van der Waals surface area contributed by atoms with Crippen LogP contribution in [0.5, 0.6) is 0 Å². The van der Waals surface area contributed by atoms with Crippen LogP contribution in [0.4, 0.5) is 0 Å². The lowest BCUT2D eigenvalue weighted by atomic mass is 10.4. The minimum Gasteiger partial charge on any atom is -0.474 e. The van der Waals surface area contributed by atoms with E-state index in [1.807, 2.05) is 0 Å². The summed E-state index contributed by atoms with van der Waals surface area (Å²) in [5.41, 5.74) is 0.726. The quantitative estimate of drug-likeness (QED) is 0.652. The van der Waals surface area contributed by atoms with Crippen molar-refractivity contribution in [2.75, 3.05) is 0 Å². The summed E-state index contributed by atoms with van der Waals surface area (Å²) in [7, 11) is 0. The van der Waals surface area contributed by atoms with Crippen LogP contribution in [-0.4, -0.2) is 22.0 Å². The Morgan fingerprint density at radius 3 is 2.57 bits per heavy atom. The topological polar surface area (TPSA) is 92.4 Å². The average Bonchev–Trinajstić information content (AvgIpc) is 2.42. The van der Waals surface area contributed by atoms with Crippen molar-refractivity contribution in [1.29, 1.82) is 0 Å². The Morgan fingerprint density at radius 1 is 1.50 bits per heavy atom. The number of oxazole rings is 1. The van der Waals surface area contributed by atoms with E-state index < -0.39 is 11.9 Å². The molecule has 1 amide bonds. The summed E-state index contributed by atoms with van der Waals surface area (Å²) in [6.45, 7) is 3.49. The predicted octanol–water partition coefficient (Wildman–Crippen LogP) is -0.00776. The fourth-order valence-electron chi connectivity index (χ4n) is 0.846. The molecular formula is C8H10N2O4. The molecule has 0 aliphatic rings. The number of nitrogens with one attached hydrogen (secondary N) is 1. The monoisotopic (exact) mass is 198 g/mol. The summed E-state index contributed by atoms with van der Waals surface area (Å²) in [5, 5.41) is 10.4. The lowest BCUT2D eigenvalue weighted by molar-refractivity contribution is -0.150. The number of aliphatic carboxylic acids is 1. The third kappa shape index (κ3) is 2.32. The summed E-state index contributed by atoms with van der Waals surface area (Å²) >= 11 is 0. The Hall–Kier alpha value is -1.85. The van der Waals surface area contributed by atoms with Gasteiger partial charge in [-0.2, -0.15) is 0 Å². The largest absolute Gasteiger partial charge is 0.474 e. The van der Waals surface area contributed by atoms with Gasteiger partial charge in [-0.3, -0.25) is 4.79 Å². The van der Waals surface area contributed by atoms with Crippen LogP contribution in [0.2, 0.25) is 0 Å². The molecule has 0 saturated heterocycles. The van der Waals surface area contributed by atoms with Gasteiger partial charge in [0.2, 0.25) is 5.89 Å². The van der Waals surface area contributed by atoms with Gasteiger partial charge >= 0.3 is 11.9 Å². The molecule has 0 fully saturated rings. The number of carbonyl (C=O) groups excluding carboxylic acids is 1. The van der Waals surface area contributed by atoms with Crippen molar-refractivity contribution in [3.63, 3.8) is 0 Å². The molecule has 1 aromatic rings. The second-order valence-corrected chi connectivity index (χ2v) is 2.74. The van der Waals surface area contributed by atoms with Crippen molar-refractivity contribution in [3.05, 3.63) is 17.3 Å². The Kier molecular flexibility index (Phi) is 2.85. The fraction of sp³-hybridized carbons (Fsp3) is 0.375. The Labute approximate surface area is 79.9 Å². The normalized spacial score (nSPS) is 9.86. The van der Waals surface area contributed by atoms with Gasteiger partial charge in [0.1, 0.15) is 5.76 Å². The highest BCUT2D eigenvalue weighted by Gasteiger charge is 2.12. The Bertz CT molecular complexity index is 350. The molecule has 0 aliphatic heterocycles. The lowest BCUT2D eigenvalue weighted by Gasteiger charge is -1.96. The molecule has 0 spiro atoms. The minimum absolute atomic E-state index is 0.0141. The van der Waals surface area contributed by atoms with Gasteiger partial charge in [-0.05, 0) is 13.8 Å². The number of aromatic nitrogens is 1. The van der Waals surface area contributed by atoms with Gasteiger partial charge in [0.25, 0.3) is 0 Å². The van der Waals surface area contributed by atoms with Crippen LogP contribution in [0, 0.1) is 13.8 Å². The molecule has 0 bridgehead atoms. The van der Waals surface area contributed by atoms with Crippen LogP contribution < -0.4 is 5.32 Å². The maximum Gasteiger partial charge on any atom is 0.394 e. The first-order valence-corrected chi connectivity index (χ1v) is 3.94. The molecule has 14 heavy (non-hydrogen) atoms. The van der Waals surface area contributed by atoms with E-state index in [1.165, 1.54) is 0 Å². The van der Waals surface area contributed by atoms with Crippen molar-refractivity contribution in [2.24, 2.45) is 0 Å². The summed E-state index contributed by atoms with van der Waals surface area (Å²) in [6.07, 6.45) is 0. The lowest BCUT2D eigenvalue weighted by Crippen LogP contribution is -2.30. The van der Waals surface area contributed by atoms with Gasteiger partial charge in [-0.1, -0.05) is 0 Å². The Balaban J connectivity index is 2.54. The highest BCUT2D eigenvalue weighted by Crippen LogP contribution is 2.07. The molecular weight excluding hydrogens is 188 g/mol. The first-order valence-electron chi connectivity index (χ1n) is 3.94. The van der Waals surface area contributed by atoms with E-state index in [0.29, 0.717) is 11.7 Å². The van der Waals surface area contributed by atoms with E-state index >= 15 is 0 Å². The third-order valence-electron chi connectivity index (χ3n) is 1.67. The molecule has 1 rings (SSSR count). The molecule has 0 saturated carbocycles. The number of carboxylic acid groups (broad SMARTS) is 1. The van der Waals surface area contributed by atoms with Crippen LogP contribution in [0.3, 0.4) is 0 Å². The van der Waals surface area contributed by atoms with E-state index in [0.717, 1.165) is 5.69 Å². The zero-order valence-corrected chi connectivity index (χ0v) is 7.83. The standard InChI is InChI=1S/C8H10N2O4/c1-4-5(2)14-6(10-4)3-9-7(11)8(12)13/h3H2,1-2H3,(H,9,11)(H,12,13). The molecule has 0 atom stereocenters. The van der Waals surface area contributed by atoms with Crippen molar-refractivity contribution < 1.29 is 19.1 Å². The van der Waals surface area contributed by atoms with Gasteiger partial charge in [0, 0.05) is 0 Å². The van der Waals surface area contributed by atoms with E-state index in [1.54, 1.807) is 13.8 Å². The molecule has 0 aliphatic carbocycles. The molecule has 1 heterocycles. The van der Waals surface area contributed by atoms with Gasteiger partial charge in [0.05, 0.1) is 12.2 Å². The van der Waals surface area contributed by atoms with E-state index in [4.69, 9.17) is 9.52 Å². The van der Waals surface area contributed by atoms with Crippen LogP contribution in [0.25, 0.3) is 0 Å². The van der Waals surface area contributed by atoms with E-state index in [-0.39, 0.29) is 6.54 Å². The molecule has 6 nitrogen and oxygen atoms in total. The average molecular weight is 198 g/mol. The number of carboxylic acids is 1. The van der Waals surface area contributed by atoms with Gasteiger partial charge < -0.3 is 14.8 Å². The summed E-state index contributed by atoms with van der Waals surface area (Å²) in [5.74, 6) is -1.64. The summed E-state index contributed by atoms with van der Waals surface area (Å²) < 4.78 is 5.13. The number of hydrogen-bond acceptors (Lipinski definition) is 4. The molecule has 0 aromatic carbocycles. The SMILES string of the molecule is Cc1nc(CNC(=O)C(=O)O)oc1C. The summed E-state index contributed by atoms with van der Waals surface area (Å²) in [4.78, 5) is 24.7. The minimum atomic E-state index is -1.52. The Morgan fingerprint density at radius 2 is 2.14 bits per heavy atom. The maximum absolute atomic E-state index is 10.6. The van der Waals surface area contributed by atoms with Gasteiger partial charge in [-0.15, -0.1) is 0 Å². The molecule has 2 N–H and O–H groups in total. The van der Waals surface area contributed by atoms with Gasteiger partial charge in [0.15, 0.2) is 0 Å². The van der Waals surface area contributed by atoms with Crippen LogP contribution >= 0.6 is 0 Å². The maximum atomic E-state index is 10.6. The molecule has 0 radical (unpaired) electrons. The summed E-state index contributed by atoms with van der Waals surface area (Å²) in [6, 6.07) is 0. The van der Waals surface area contributed by atoms with E-state index in [9.17, 15) is 9.59 Å². The second kappa shape index (κ2) is 3.91. The number of rotatable bonds is 2. The number of aryl methyl sites for hydroxylation is 2. The van der Waals surface area contributed by atoms with Crippen molar-refractivity contribution in [3.8, 4) is 0 Å². The highest BCUT2D eigenvalue weighted by atomic mass is 16.4. The highest BCUT2D eigenvalue weighted by molar-refractivity contribution is 6.31. The number of carbonyl (C=O) groups is 2. The van der Waals surface area contributed by atoms with Gasteiger partial charge in [-0.25, -0.2) is 9.78 Å².